The number of anilines is 1. The summed E-state index contributed by atoms with van der Waals surface area (Å²) in [5.41, 5.74) is 0.422. The van der Waals surface area contributed by atoms with Gasteiger partial charge < -0.3 is 15.0 Å². The van der Waals surface area contributed by atoms with E-state index in [9.17, 15) is 14.9 Å². The molecule has 1 aromatic rings. The number of hydrogen-bond donors (Lipinski definition) is 1. The number of ether oxygens (including phenoxy) is 1. The summed E-state index contributed by atoms with van der Waals surface area (Å²) in [7, 11) is 0. The molecule has 1 rings (SSSR count). The highest BCUT2D eigenvalue weighted by molar-refractivity contribution is 5.91. The van der Waals surface area contributed by atoms with E-state index in [1.54, 1.807) is 19.1 Å². The van der Waals surface area contributed by atoms with Gasteiger partial charge in [0.25, 0.3) is 5.91 Å². The van der Waals surface area contributed by atoms with Gasteiger partial charge in [0.1, 0.15) is 5.54 Å². The molecule has 1 N–H and O–H groups in total. The van der Waals surface area contributed by atoms with Crippen molar-refractivity contribution in [3.05, 3.63) is 29.8 Å². The second kappa shape index (κ2) is 9.07. The van der Waals surface area contributed by atoms with E-state index in [0.29, 0.717) is 5.56 Å². The minimum absolute atomic E-state index is 0.0650. The van der Waals surface area contributed by atoms with Crippen LogP contribution in [0, 0.1) is 17.2 Å². The van der Waals surface area contributed by atoms with Crippen LogP contribution in [0.15, 0.2) is 24.3 Å². The van der Waals surface area contributed by atoms with E-state index in [2.05, 4.69) is 30.1 Å². The first-order chi connectivity index (χ1) is 11.8. The number of nitriles is 1. The van der Waals surface area contributed by atoms with E-state index in [0.717, 1.165) is 18.8 Å². The Morgan fingerprint density at radius 2 is 1.80 bits per heavy atom. The van der Waals surface area contributed by atoms with E-state index in [1.807, 2.05) is 26.0 Å². The first-order valence-corrected chi connectivity index (χ1v) is 8.51. The fourth-order valence-electron chi connectivity index (χ4n) is 2.24. The van der Waals surface area contributed by atoms with Gasteiger partial charge in [-0.1, -0.05) is 13.8 Å². The lowest BCUT2D eigenvalue weighted by Gasteiger charge is -2.27. The molecule has 0 saturated carbocycles. The lowest BCUT2D eigenvalue weighted by molar-refractivity contribution is -0.125. The summed E-state index contributed by atoms with van der Waals surface area (Å²) in [5.74, 6) is -1.12. The average molecular weight is 345 g/mol. The highest BCUT2D eigenvalue weighted by atomic mass is 16.5. The van der Waals surface area contributed by atoms with Crippen molar-refractivity contribution in [3.63, 3.8) is 0 Å². The first-order valence-electron chi connectivity index (χ1n) is 8.51. The Labute approximate surface area is 149 Å². The minimum atomic E-state index is -0.991. The molecule has 1 aromatic carbocycles. The molecular weight excluding hydrogens is 318 g/mol. The number of amides is 1. The highest BCUT2D eigenvalue weighted by Crippen LogP contribution is 2.16. The third kappa shape index (κ3) is 5.49. The molecule has 0 radical (unpaired) electrons. The largest absolute Gasteiger partial charge is 0.452 e. The third-order valence-corrected chi connectivity index (χ3v) is 4.35. The number of carbonyl (C=O) groups is 2. The van der Waals surface area contributed by atoms with Crippen molar-refractivity contribution in [1.82, 2.24) is 5.32 Å². The van der Waals surface area contributed by atoms with Crippen LogP contribution in [0.25, 0.3) is 0 Å². The molecule has 0 spiro atoms. The number of benzene rings is 1. The van der Waals surface area contributed by atoms with Gasteiger partial charge in [0.15, 0.2) is 6.61 Å². The average Bonchev–Trinajstić information content (AvgIpc) is 2.61. The highest BCUT2D eigenvalue weighted by Gasteiger charge is 2.30. The Morgan fingerprint density at radius 1 is 1.24 bits per heavy atom. The summed E-state index contributed by atoms with van der Waals surface area (Å²) >= 11 is 0. The van der Waals surface area contributed by atoms with Crippen LogP contribution < -0.4 is 10.2 Å². The van der Waals surface area contributed by atoms with Gasteiger partial charge >= 0.3 is 5.97 Å². The van der Waals surface area contributed by atoms with Crippen molar-refractivity contribution in [3.8, 4) is 6.07 Å². The molecule has 0 saturated heterocycles. The van der Waals surface area contributed by atoms with Gasteiger partial charge in [-0.15, -0.1) is 0 Å². The van der Waals surface area contributed by atoms with Crippen molar-refractivity contribution in [2.45, 2.75) is 40.2 Å². The Morgan fingerprint density at radius 3 is 2.24 bits per heavy atom. The summed E-state index contributed by atoms with van der Waals surface area (Å²) in [5, 5.41) is 11.8. The van der Waals surface area contributed by atoms with Gasteiger partial charge in [-0.2, -0.15) is 5.26 Å². The van der Waals surface area contributed by atoms with Crippen molar-refractivity contribution < 1.29 is 14.3 Å². The van der Waals surface area contributed by atoms with E-state index in [4.69, 9.17) is 4.74 Å². The fourth-order valence-corrected chi connectivity index (χ4v) is 2.24. The maximum atomic E-state index is 12.1. The minimum Gasteiger partial charge on any atom is -0.452 e. The number of hydrogen-bond acceptors (Lipinski definition) is 5. The molecule has 1 atom stereocenters. The van der Waals surface area contributed by atoms with Crippen LogP contribution in [-0.4, -0.2) is 37.1 Å². The summed E-state index contributed by atoms with van der Waals surface area (Å²) in [6, 6.07) is 9.16. The molecule has 136 valence electrons. The number of nitrogens with zero attached hydrogens (tertiary/aromatic N) is 2. The summed E-state index contributed by atoms with van der Waals surface area (Å²) in [6.07, 6.45) is 0. The maximum Gasteiger partial charge on any atom is 0.338 e. The molecular formula is C19H27N3O3. The van der Waals surface area contributed by atoms with Crippen LogP contribution in [0.3, 0.4) is 0 Å². The van der Waals surface area contributed by atoms with Crippen LogP contribution in [0.1, 0.15) is 45.0 Å². The molecule has 0 aliphatic carbocycles. The van der Waals surface area contributed by atoms with E-state index in [1.165, 1.54) is 0 Å². The van der Waals surface area contributed by atoms with Crippen molar-refractivity contribution >= 4 is 17.6 Å². The monoisotopic (exact) mass is 345 g/mol. The summed E-state index contributed by atoms with van der Waals surface area (Å²) in [6.45, 7) is 10.8. The van der Waals surface area contributed by atoms with Crippen molar-refractivity contribution in [2.24, 2.45) is 5.92 Å². The molecule has 0 fully saturated rings. The third-order valence-electron chi connectivity index (χ3n) is 4.35. The number of rotatable bonds is 8. The molecule has 0 aliphatic rings. The standard InChI is InChI=1S/C19H27N3O3/c1-6-22(7-2)16-10-8-15(9-11-16)18(24)25-12-17(23)21-19(5,13-20)14(3)4/h8-11,14H,6-7,12H2,1-5H3,(H,21,23)/t19-/m0/s1. The zero-order valence-corrected chi connectivity index (χ0v) is 15.6. The van der Waals surface area contributed by atoms with Crippen LogP contribution >= 0.6 is 0 Å². The summed E-state index contributed by atoms with van der Waals surface area (Å²) in [4.78, 5) is 26.2. The van der Waals surface area contributed by atoms with Crippen LogP contribution in [0.5, 0.6) is 0 Å². The molecule has 0 aromatic heterocycles. The smallest absolute Gasteiger partial charge is 0.338 e. The lowest BCUT2D eigenvalue weighted by atomic mass is 9.90. The van der Waals surface area contributed by atoms with Gasteiger partial charge in [-0.25, -0.2) is 4.79 Å². The Hall–Kier alpha value is -2.55. The predicted octanol–water partition coefficient (Wildman–Crippen LogP) is 2.74. The summed E-state index contributed by atoms with van der Waals surface area (Å²) < 4.78 is 5.04. The zero-order chi connectivity index (χ0) is 19.0. The fraction of sp³-hybridized carbons (Fsp3) is 0.526. The number of esters is 1. The van der Waals surface area contributed by atoms with Gasteiger partial charge in [-0.3, -0.25) is 4.79 Å². The molecule has 6 heteroatoms. The quantitative estimate of drug-likeness (QED) is 0.733. The molecule has 0 unspecified atom stereocenters. The maximum absolute atomic E-state index is 12.1. The molecule has 0 heterocycles. The van der Waals surface area contributed by atoms with Gasteiger partial charge in [0.2, 0.25) is 0 Å². The number of nitrogens with one attached hydrogen (secondary N) is 1. The van der Waals surface area contributed by atoms with Gasteiger partial charge in [0.05, 0.1) is 11.6 Å². The van der Waals surface area contributed by atoms with Crippen molar-refractivity contribution in [1.29, 1.82) is 5.26 Å². The zero-order valence-electron chi connectivity index (χ0n) is 15.6. The molecule has 25 heavy (non-hydrogen) atoms. The Kier molecular flexibility index (Phi) is 7.43. The second-order valence-electron chi connectivity index (χ2n) is 6.31. The molecule has 0 aliphatic heterocycles. The second-order valence-corrected chi connectivity index (χ2v) is 6.31. The number of carbonyl (C=O) groups excluding carboxylic acids is 2. The van der Waals surface area contributed by atoms with Crippen LogP contribution in [0.4, 0.5) is 5.69 Å². The van der Waals surface area contributed by atoms with Crippen LogP contribution in [-0.2, 0) is 9.53 Å². The normalized spacial score (nSPS) is 12.8. The topological polar surface area (TPSA) is 82.4 Å². The van der Waals surface area contributed by atoms with E-state index in [-0.39, 0.29) is 5.92 Å². The van der Waals surface area contributed by atoms with Gasteiger partial charge in [0, 0.05) is 18.8 Å². The van der Waals surface area contributed by atoms with E-state index < -0.39 is 24.0 Å². The van der Waals surface area contributed by atoms with E-state index >= 15 is 0 Å². The SMILES string of the molecule is CCN(CC)c1ccc(C(=O)OCC(=O)N[C@@](C)(C#N)C(C)C)cc1. The molecule has 6 nitrogen and oxygen atoms in total. The Bertz CT molecular complexity index is 630. The molecule has 0 bridgehead atoms. The lowest BCUT2D eigenvalue weighted by Crippen LogP contribution is -2.50. The molecule has 1 amide bonds. The van der Waals surface area contributed by atoms with Crippen molar-refractivity contribution in [2.75, 3.05) is 24.6 Å². The Balaban J connectivity index is 2.62. The predicted molar refractivity (Wildman–Crippen MR) is 97.3 cm³/mol. The first kappa shape index (κ1) is 20.5. The van der Waals surface area contributed by atoms with Crippen LogP contribution in [0.2, 0.25) is 0 Å². The van der Waals surface area contributed by atoms with Gasteiger partial charge in [-0.05, 0) is 51.0 Å².